The molecule has 104 valence electrons. The Morgan fingerprint density at radius 1 is 1.30 bits per heavy atom. The Morgan fingerprint density at radius 2 is 1.95 bits per heavy atom. The molecule has 3 nitrogen and oxygen atoms in total. The number of rotatable bonds is 3. The third kappa shape index (κ3) is 3.74. The van der Waals surface area contributed by atoms with Crippen LogP contribution >= 0.6 is 27.5 Å². The molecule has 2 aromatic rings. The van der Waals surface area contributed by atoms with Crippen molar-refractivity contribution in [1.29, 1.82) is 0 Å². The first-order valence-corrected chi connectivity index (χ1v) is 7.22. The largest absolute Gasteiger partial charge is 0.398 e. The van der Waals surface area contributed by atoms with Gasteiger partial charge in [0.25, 0.3) is 0 Å². The summed E-state index contributed by atoms with van der Waals surface area (Å²) in [7, 11) is 0. The number of nitrogen functional groups attached to an aromatic ring is 1. The van der Waals surface area contributed by atoms with Gasteiger partial charge in [-0.15, -0.1) is 0 Å². The summed E-state index contributed by atoms with van der Waals surface area (Å²) in [6, 6.07) is 10.8. The van der Waals surface area contributed by atoms with Gasteiger partial charge in [-0.05, 0) is 58.2 Å². The molecule has 5 heteroatoms. The lowest BCUT2D eigenvalue weighted by atomic mass is 10.1. The van der Waals surface area contributed by atoms with Gasteiger partial charge in [0.05, 0.1) is 12.1 Å². The fourth-order valence-electron chi connectivity index (χ4n) is 1.77. The number of benzene rings is 2. The minimum absolute atomic E-state index is 0.101. The average Bonchev–Trinajstić information content (AvgIpc) is 2.39. The van der Waals surface area contributed by atoms with Gasteiger partial charge in [0, 0.05) is 15.2 Å². The van der Waals surface area contributed by atoms with Gasteiger partial charge >= 0.3 is 0 Å². The van der Waals surface area contributed by atoms with Crippen molar-refractivity contribution in [3.63, 3.8) is 0 Å². The van der Waals surface area contributed by atoms with Crippen LogP contribution in [-0.2, 0) is 11.2 Å². The Balaban J connectivity index is 2.08. The highest BCUT2D eigenvalue weighted by atomic mass is 79.9. The van der Waals surface area contributed by atoms with Crippen LogP contribution in [0.3, 0.4) is 0 Å². The molecule has 2 rings (SSSR count). The van der Waals surface area contributed by atoms with Crippen LogP contribution in [0.25, 0.3) is 0 Å². The van der Waals surface area contributed by atoms with Crippen LogP contribution in [0.15, 0.2) is 40.9 Å². The van der Waals surface area contributed by atoms with Crippen LogP contribution in [0.4, 0.5) is 11.4 Å². The molecule has 0 unspecified atom stereocenters. The molecular weight excluding hydrogens is 340 g/mol. The van der Waals surface area contributed by atoms with E-state index in [0.717, 1.165) is 15.6 Å². The fourth-order valence-corrected chi connectivity index (χ4v) is 2.45. The number of nitrogens with one attached hydrogen (secondary N) is 1. The lowest BCUT2D eigenvalue weighted by Gasteiger charge is -2.10. The maximum atomic E-state index is 12.0. The molecule has 20 heavy (non-hydrogen) atoms. The first-order valence-electron chi connectivity index (χ1n) is 6.05. The summed E-state index contributed by atoms with van der Waals surface area (Å²) in [4.78, 5) is 12.0. The topological polar surface area (TPSA) is 55.1 Å². The zero-order valence-corrected chi connectivity index (χ0v) is 13.3. The summed E-state index contributed by atoms with van der Waals surface area (Å²) in [6.45, 7) is 1.92. The maximum absolute atomic E-state index is 12.0. The van der Waals surface area contributed by atoms with E-state index < -0.39 is 0 Å². The first kappa shape index (κ1) is 14.9. The van der Waals surface area contributed by atoms with Gasteiger partial charge in [-0.25, -0.2) is 0 Å². The van der Waals surface area contributed by atoms with Crippen molar-refractivity contribution < 1.29 is 4.79 Å². The number of halogens is 2. The lowest BCUT2D eigenvalue weighted by Crippen LogP contribution is -2.15. The van der Waals surface area contributed by atoms with Crippen LogP contribution in [0.1, 0.15) is 11.1 Å². The van der Waals surface area contributed by atoms with E-state index in [1.807, 2.05) is 25.1 Å². The summed E-state index contributed by atoms with van der Waals surface area (Å²) < 4.78 is 0.814. The number of hydrogen-bond donors (Lipinski definition) is 2. The van der Waals surface area contributed by atoms with Crippen LogP contribution in [-0.4, -0.2) is 5.91 Å². The molecule has 2 aromatic carbocycles. The van der Waals surface area contributed by atoms with E-state index in [9.17, 15) is 4.79 Å². The molecule has 0 aromatic heterocycles. The second-order valence-electron chi connectivity index (χ2n) is 4.54. The summed E-state index contributed by atoms with van der Waals surface area (Å²) in [6.07, 6.45) is 0.289. The molecule has 0 bridgehead atoms. The Morgan fingerprint density at radius 3 is 2.60 bits per heavy atom. The summed E-state index contributed by atoms with van der Waals surface area (Å²) in [5.74, 6) is -0.101. The van der Waals surface area contributed by atoms with Crippen molar-refractivity contribution in [1.82, 2.24) is 0 Å². The van der Waals surface area contributed by atoms with Crippen molar-refractivity contribution in [3.05, 3.63) is 57.0 Å². The van der Waals surface area contributed by atoms with Crippen LogP contribution in [0.2, 0.25) is 5.02 Å². The number of amides is 1. The van der Waals surface area contributed by atoms with Crippen molar-refractivity contribution in [2.45, 2.75) is 13.3 Å². The maximum Gasteiger partial charge on any atom is 0.228 e. The molecule has 0 spiro atoms. The number of hydrogen-bond acceptors (Lipinski definition) is 2. The molecule has 0 radical (unpaired) electrons. The highest BCUT2D eigenvalue weighted by Crippen LogP contribution is 2.27. The number of nitrogens with two attached hydrogens (primary N) is 1. The predicted octanol–water partition coefficient (Wildman–Crippen LogP) is 4.17. The number of aryl methyl sites for hydroxylation is 1. The molecule has 0 aliphatic rings. The molecule has 3 N–H and O–H groups in total. The monoisotopic (exact) mass is 352 g/mol. The Hall–Kier alpha value is -1.52. The van der Waals surface area contributed by atoms with Crippen molar-refractivity contribution in [2.75, 3.05) is 11.1 Å². The molecule has 0 atom stereocenters. The highest BCUT2D eigenvalue weighted by Gasteiger charge is 2.08. The smallest absolute Gasteiger partial charge is 0.228 e. The van der Waals surface area contributed by atoms with Gasteiger partial charge in [0.15, 0.2) is 0 Å². The predicted molar refractivity (Wildman–Crippen MR) is 87.1 cm³/mol. The quantitative estimate of drug-likeness (QED) is 0.814. The normalized spacial score (nSPS) is 10.3. The van der Waals surface area contributed by atoms with Crippen molar-refractivity contribution in [2.24, 2.45) is 0 Å². The van der Waals surface area contributed by atoms with Gasteiger partial charge in [0.1, 0.15) is 0 Å². The minimum atomic E-state index is -0.101. The van der Waals surface area contributed by atoms with Gasteiger partial charge in [0.2, 0.25) is 5.91 Å². The Labute approximate surface area is 131 Å². The van der Waals surface area contributed by atoms with E-state index >= 15 is 0 Å². The van der Waals surface area contributed by atoms with E-state index in [2.05, 4.69) is 21.2 Å². The Bertz CT molecular complexity index is 641. The third-order valence-corrected chi connectivity index (χ3v) is 3.82. The van der Waals surface area contributed by atoms with Crippen LogP contribution < -0.4 is 11.1 Å². The zero-order valence-electron chi connectivity index (χ0n) is 10.9. The number of carbonyl (C=O) groups is 1. The van der Waals surface area contributed by atoms with Gasteiger partial charge < -0.3 is 11.1 Å². The summed E-state index contributed by atoms with van der Waals surface area (Å²) >= 11 is 9.23. The molecule has 0 saturated carbocycles. The molecule has 0 aliphatic heterocycles. The summed E-state index contributed by atoms with van der Waals surface area (Å²) in [5.41, 5.74) is 9.04. The minimum Gasteiger partial charge on any atom is -0.398 e. The average molecular weight is 354 g/mol. The van der Waals surface area contributed by atoms with E-state index in [-0.39, 0.29) is 12.3 Å². The van der Waals surface area contributed by atoms with Gasteiger partial charge in [-0.3, -0.25) is 4.79 Å². The van der Waals surface area contributed by atoms with E-state index in [0.29, 0.717) is 16.4 Å². The zero-order chi connectivity index (χ0) is 14.7. The fraction of sp³-hybridized carbons (Fsp3) is 0.133. The van der Waals surface area contributed by atoms with Gasteiger partial charge in [-0.2, -0.15) is 0 Å². The molecule has 0 heterocycles. The lowest BCUT2D eigenvalue weighted by molar-refractivity contribution is -0.115. The Kier molecular flexibility index (Phi) is 4.68. The number of carbonyl (C=O) groups excluding carboxylic acids is 1. The molecular formula is C15H14BrClN2O. The highest BCUT2D eigenvalue weighted by molar-refractivity contribution is 9.10. The van der Waals surface area contributed by atoms with E-state index in [1.165, 1.54) is 0 Å². The first-order chi connectivity index (χ1) is 9.45. The standard InChI is InChI=1S/C15H14BrClN2O/c1-9-6-12(16)14(8-13(9)18)19-15(20)7-10-2-4-11(17)5-3-10/h2-6,8H,7,18H2,1H3,(H,19,20). The SMILES string of the molecule is Cc1cc(Br)c(NC(=O)Cc2ccc(Cl)cc2)cc1N. The molecule has 0 fully saturated rings. The third-order valence-electron chi connectivity index (χ3n) is 2.91. The van der Waals surface area contributed by atoms with Crippen LogP contribution in [0.5, 0.6) is 0 Å². The van der Waals surface area contributed by atoms with Crippen molar-refractivity contribution in [3.8, 4) is 0 Å². The molecule has 0 saturated heterocycles. The van der Waals surface area contributed by atoms with Crippen molar-refractivity contribution >= 4 is 44.8 Å². The summed E-state index contributed by atoms with van der Waals surface area (Å²) in [5, 5.41) is 3.50. The second kappa shape index (κ2) is 6.29. The van der Waals surface area contributed by atoms with Crippen LogP contribution in [0, 0.1) is 6.92 Å². The molecule has 0 aliphatic carbocycles. The number of anilines is 2. The second-order valence-corrected chi connectivity index (χ2v) is 5.83. The van der Waals surface area contributed by atoms with E-state index in [1.54, 1.807) is 18.2 Å². The van der Waals surface area contributed by atoms with Gasteiger partial charge in [-0.1, -0.05) is 23.7 Å². The van der Waals surface area contributed by atoms with E-state index in [4.69, 9.17) is 17.3 Å². The molecule has 1 amide bonds.